The van der Waals surface area contributed by atoms with Gasteiger partial charge in [0.05, 0.1) is 22.4 Å². The van der Waals surface area contributed by atoms with E-state index < -0.39 is 0 Å². The second-order valence-electron chi connectivity index (χ2n) is 7.80. The molecule has 2 unspecified atom stereocenters. The highest BCUT2D eigenvalue weighted by molar-refractivity contribution is 9.10. The second kappa shape index (κ2) is 8.61. The number of hydrogen-bond acceptors (Lipinski definition) is 4. The minimum atomic E-state index is -0.119. The Bertz CT molecular complexity index is 796. The van der Waals surface area contributed by atoms with Crippen LogP contribution in [0.2, 0.25) is 0 Å². The van der Waals surface area contributed by atoms with Gasteiger partial charge in [-0.2, -0.15) is 5.10 Å². The molecule has 2 atom stereocenters. The number of nitrogens with zero attached hydrogens (tertiary/aromatic N) is 3. The number of amides is 1. The van der Waals surface area contributed by atoms with E-state index in [1.54, 1.807) is 6.07 Å². The van der Waals surface area contributed by atoms with Crippen LogP contribution in [0.1, 0.15) is 53.4 Å². The first-order chi connectivity index (χ1) is 12.8. The number of carbonyl (C=O) groups excluding carboxylic acids is 1. The third kappa shape index (κ3) is 4.82. The van der Waals surface area contributed by atoms with Crippen LogP contribution >= 0.6 is 15.9 Å². The van der Waals surface area contributed by atoms with Crippen LogP contribution in [0, 0.1) is 19.8 Å². The first-order valence-corrected chi connectivity index (χ1v) is 10.4. The Kier molecular flexibility index (Phi) is 6.42. The number of rotatable bonds is 6. The Morgan fingerprint density at radius 3 is 2.74 bits per heavy atom. The average molecular weight is 437 g/mol. The summed E-state index contributed by atoms with van der Waals surface area (Å²) in [4.78, 5) is 14.9. The van der Waals surface area contributed by atoms with Crippen LogP contribution in [0.5, 0.6) is 0 Å². The average Bonchev–Trinajstić information content (AvgIpc) is 3.18. The van der Waals surface area contributed by atoms with E-state index in [0.29, 0.717) is 18.2 Å². The molecule has 0 aliphatic heterocycles. The predicted molar refractivity (Wildman–Crippen MR) is 109 cm³/mol. The minimum absolute atomic E-state index is 0.119. The number of aryl methyl sites for hydroxylation is 1. The molecule has 0 radical (unpaired) electrons. The lowest BCUT2D eigenvalue weighted by molar-refractivity contribution is 0.0865. The van der Waals surface area contributed by atoms with Crippen LogP contribution in [-0.4, -0.2) is 47.3 Å². The fourth-order valence-electron chi connectivity index (χ4n) is 3.89. The van der Waals surface area contributed by atoms with E-state index in [9.17, 15) is 4.79 Å². The molecule has 3 rings (SSSR count). The third-order valence-corrected chi connectivity index (χ3v) is 6.46. The maximum atomic E-state index is 12.7. The van der Waals surface area contributed by atoms with E-state index >= 15 is 0 Å². The largest absolute Gasteiger partial charge is 0.454 e. The van der Waals surface area contributed by atoms with Gasteiger partial charge >= 0.3 is 0 Å². The quantitative estimate of drug-likeness (QED) is 0.748. The topological polar surface area (TPSA) is 63.3 Å². The SMILES string of the molecule is Cc1nn(Cc2ccc(C(=O)NC3CCCCC3CN(C)C)o2)c(C)c1Br. The van der Waals surface area contributed by atoms with Gasteiger partial charge in [0.1, 0.15) is 5.76 Å². The van der Waals surface area contributed by atoms with Gasteiger partial charge in [0.25, 0.3) is 5.91 Å². The predicted octanol–water partition coefficient (Wildman–Crippen LogP) is 3.75. The van der Waals surface area contributed by atoms with E-state index in [2.05, 4.69) is 45.3 Å². The van der Waals surface area contributed by atoms with Crippen LogP contribution in [0.15, 0.2) is 21.0 Å². The molecule has 0 bridgehead atoms. The maximum Gasteiger partial charge on any atom is 0.287 e. The first-order valence-electron chi connectivity index (χ1n) is 9.59. The summed E-state index contributed by atoms with van der Waals surface area (Å²) in [5.74, 6) is 1.48. The molecule has 27 heavy (non-hydrogen) atoms. The molecule has 0 saturated heterocycles. The minimum Gasteiger partial charge on any atom is -0.454 e. The highest BCUT2D eigenvalue weighted by Crippen LogP contribution is 2.26. The summed E-state index contributed by atoms with van der Waals surface area (Å²) in [7, 11) is 4.17. The van der Waals surface area contributed by atoms with Crippen LogP contribution in [0.3, 0.4) is 0 Å². The Balaban J connectivity index is 1.64. The highest BCUT2D eigenvalue weighted by Gasteiger charge is 2.28. The number of hydrogen-bond donors (Lipinski definition) is 1. The normalized spacial score (nSPS) is 20.2. The lowest BCUT2D eigenvalue weighted by Crippen LogP contribution is -2.45. The Morgan fingerprint density at radius 2 is 2.07 bits per heavy atom. The molecule has 0 spiro atoms. The summed E-state index contributed by atoms with van der Waals surface area (Å²) in [6.45, 7) is 5.48. The van der Waals surface area contributed by atoms with Gasteiger partial charge in [-0.3, -0.25) is 9.48 Å². The number of nitrogens with one attached hydrogen (secondary N) is 1. The van der Waals surface area contributed by atoms with Crippen molar-refractivity contribution in [2.45, 2.75) is 52.1 Å². The van der Waals surface area contributed by atoms with Crippen molar-refractivity contribution in [1.29, 1.82) is 0 Å². The zero-order valence-electron chi connectivity index (χ0n) is 16.6. The van der Waals surface area contributed by atoms with E-state index in [1.807, 2.05) is 24.6 Å². The van der Waals surface area contributed by atoms with Gasteiger partial charge in [-0.05, 0) is 74.8 Å². The van der Waals surface area contributed by atoms with Gasteiger partial charge in [-0.25, -0.2) is 0 Å². The number of furan rings is 1. The first kappa shape index (κ1) is 20.1. The molecule has 2 heterocycles. The molecule has 0 aromatic carbocycles. The summed E-state index contributed by atoms with van der Waals surface area (Å²) in [6, 6.07) is 3.83. The lowest BCUT2D eigenvalue weighted by Gasteiger charge is -2.33. The summed E-state index contributed by atoms with van der Waals surface area (Å²) < 4.78 is 8.71. The van der Waals surface area contributed by atoms with Gasteiger partial charge in [-0.15, -0.1) is 0 Å². The molecule has 148 valence electrons. The van der Waals surface area contributed by atoms with E-state index in [0.717, 1.165) is 34.6 Å². The monoisotopic (exact) mass is 436 g/mol. The summed E-state index contributed by atoms with van der Waals surface area (Å²) in [6.07, 6.45) is 4.62. The molecule has 1 fully saturated rings. The highest BCUT2D eigenvalue weighted by atomic mass is 79.9. The molecule has 1 saturated carbocycles. The van der Waals surface area contributed by atoms with Crippen LogP contribution in [0.25, 0.3) is 0 Å². The standard InChI is InChI=1S/C20H29BrN4O2/c1-13-19(21)14(2)25(23-13)12-16-9-10-18(27-16)20(26)22-17-8-6-5-7-15(17)11-24(3)4/h9-10,15,17H,5-8,11-12H2,1-4H3,(H,22,26). The summed E-state index contributed by atoms with van der Waals surface area (Å²) in [5.41, 5.74) is 1.99. The molecule has 7 heteroatoms. The van der Waals surface area contributed by atoms with E-state index in [-0.39, 0.29) is 11.9 Å². The molecule has 1 amide bonds. The molecular formula is C20H29BrN4O2. The van der Waals surface area contributed by atoms with Crippen LogP contribution < -0.4 is 5.32 Å². The van der Waals surface area contributed by atoms with Crippen molar-refractivity contribution in [2.24, 2.45) is 5.92 Å². The van der Waals surface area contributed by atoms with Crippen molar-refractivity contribution >= 4 is 21.8 Å². The maximum absolute atomic E-state index is 12.7. The Hall–Kier alpha value is -1.60. The van der Waals surface area contributed by atoms with E-state index in [4.69, 9.17) is 4.42 Å². The molecule has 2 aromatic heterocycles. The Labute approximate surface area is 169 Å². The zero-order valence-corrected chi connectivity index (χ0v) is 18.2. The van der Waals surface area contributed by atoms with Gasteiger partial charge in [-0.1, -0.05) is 12.8 Å². The van der Waals surface area contributed by atoms with Crippen LogP contribution in [0.4, 0.5) is 0 Å². The molecular weight excluding hydrogens is 408 g/mol. The zero-order chi connectivity index (χ0) is 19.6. The summed E-state index contributed by atoms with van der Waals surface area (Å²) in [5, 5.41) is 7.70. The van der Waals surface area contributed by atoms with Gasteiger partial charge < -0.3 is 14.6 Å². The van der Waals surface area contributed by atoms with Crippen molar-refractivity contribution in [1.82, 2.24) is 20.0 Å². The van der Waals surface area contributed by atoms with Gasteiger partial charge in [0.2, 0.25) is 0 Å². The third-order valence-electron chi connectivity index (χ3n) is 5.31. The van der Waals surface area contributed by atoms with Crippen molar-refractivity contribution in [3.05, 3.63) is 39.5 Å². The molecule has 1 aliphatic carbocycles. The molecule has 1 N–H and O–H groups in total. The fraction of sp³-hybridized carbons (Fsp3) is 0.600. The summed E-state index contributed by atoms with van der Waals surface area (Å²) >= 11 is 3.54. The molecule has 6 nitrogen and oxygen atoms in total. The second-order valence-corrected chi connectivity index (χ2v) is 8.59. The fourth-order valence-corrected chi connectivity index (χ4v) is 4.17. The number of halogens is 1. The number of aromatic nitrogens is 2. The molecule has 1 aliphatic rings. The smallest absolute Gasteiger partial charge is 0.287 e. The van der Waals surface area contributed by atoms with Crippen molar-refractivity contribution in [3.8, 4) is 0 Å². The van der Waals surface area contributed by atoms with Gasteiger partial charge in [0.15, 0.2) is 5.76 Å². The van der Waals surface area contributed by atoms with Crippen molar-refractivity contribution in [2.75, 3.05) is 20.6 Å². The van der Waals surface area contributed by atoms with Crippen LogP contribution in [-0.2, 0) is 6.54 Å². The van der Waals surface area contributed by atoms with Gasteiger partial charge in [0, 0.05) is 12.6 Å². The lowest BCUT2D eigenvalue weighted by atomic mass is 9.84. The number of carbonyl (C=O) groups is 1. The van der Waals surface area contributed by atoms with E-state index in [1.165, 1.54) is 19.3 Å². The van der Waals surface area contributed by atoms with Crippen molar-refractivity contribution in [3.63, 3.8) is 0 Å². The van der Waals surface area contributed by atoms with Crippen molar-refractivity contribution < 1.29 is 9.21 Å². The Morgan fingerprint density at radius 1 is 1.33 bits per heavy atom. The molecule has 2 aromatic rings.